The smallest absolute Gasteiger partial charge is 0.326 e. The van der Waals surface area contributed by atoms with E-state index in [1.165, 1.54) is 4.90 Å². The Balaban J connectivity index is 4.57. The average Bonchev–Trinajstić information content (AvgIpc) is 2.00. The van der Waals surface area contributed by atoms with Crippen LogP contribution >= 0.6 is 0 Å². The topological polar surface area (TPSA) is 57.6 Å². The number of amides is 1. The minimum absolute atomic E-state index is 0.0800. The van der Waals surface area contributed by atoms with Crippen molar-refractivity contribution in [3.8, 4) is 0 Å². The van der Waals surface area contributed by atoms with Gasteiger partial charge in [-0.3, -0.25) is 4.79 Å². The highest BCUT2D eigenvalue weighted by Gasteiger charge is 2.29. The summed E-state index contributed by atoms with van der Waals surface area (Å²) in [5.74, 6) is -0.874. The van der Waals surface area contributed by atoms with Gasteiger partial charge in [0.2, 0.25) is 5.91 Å². The molecule has 0 bridgehead atoms. The van der Waals surface area contributed by atoms with Crippen molar-refractivity contribution in [2.45, 2.75) is 40.2 Å². The van der Waals surface area contributed by atoms with Crippen molar-refractivity contribution in [3.05, 3.63) is 0 Å². The fourth-order valence-electron chi connectivity index (χ4n) is 1.55. The Kier molecular flexibility index (Phi) is 5.33. The summed E-state index contributed by atoms with van der Waals surface area (Å²) in [6.45, 7) is 7.49. The van der Waals surface area contributed by atoms with Gasteiger partial charge in [-0.25, -0.2) is 4.79 Å². The number of likely N-dealkylation sites (N-methyl/N-ethyl adjacent to an activating group) is 1. The molecule has 4 nitrogen and oxygen atoms in total. The SMILES string of the molecule is CC(C)CC(=O)N(C)[C@H](C(=O)O)C(C)C. The van der Waals surface area contributed by atoms with Crippen LogP contribution in [0.3, 0.4) is 0 Å². The molecule has 1 atom stereocenters. The summed E-state index contributed by atoms with van der Waals surface area (Å²) in [6, 6.07) is -0.726. The zero-order valence-electron chi connectivity index (χ0n) is 10.2. The largest absolute Gasteiger partial charge is 0.480 e. The Labute approximate surface area is 91.3 Å². The van der Waals surface area contributed by atoms with Gasteiger partial charge in [0.05, 0.1) is 0 Å². The lowest BCUT2D eigenvalue weighted by Gasteiger charge is -2.28. The third kappa shape index (κ3) is 4.32. The van der Waals surface area contributed by atoms with Crippen molar-refractivity contribution in [2.75, 3.05) is 7.05 Å². The molecule has 0 aliphatic carbocycles. The molecule has 0 rings (SSSR count). The number of rotatable bonds is 5. The summed E-state index contributed by atoms with van der Waals surface area (Å²) in [6.07, 6.45) is 0.396. The highest BCUT2D eigenvalue weighted by Crippen LogP contribution is 2.12. The van der Waals surface area contributed by atoms with Crippen LogP contribution in [-0.2, 0) is 9.59 Å². The second kappa shape index (κ2) is 5.73. The van der Waals surface area contributed by atoms with Crippen LogP contribution in [0.4, 0.5) is 0 Å². The van der Waals surface area contributed by atoms with Crippen molar-refractivity contribution < 1.29 is 14.7 Å². The third-order valence-corrected chi connectivity index (χ3v) is 2.28. The molecule has 88 valence electrons. The van der Waals surface area contributed by atoms with Crippen molar-refractivity contribution in [3.63, 3.8) is 0 Å². The molecule has 15 heavy (non-hydrogen) atoms. The molecule has 1 amide bonds. The van der Waals surface area contributed by atoms with Crippen LogP contribution in [0.25, 0.3) is 0 Å². The Morgan fingerprint density at radius 1 is 1.20 bits per heavy atom. The number of carboxylic acid groups (broad SMARTS) is 1. The second-order valence-corrected chi connectivity index (χ2v) is 4.63. The normalized spacial score (nSPS) is 13.0. The van der Waals surface area contributed by atoms with Crippen LogP contribution in [-0.4, -0.2) is 35.0 Å². The van der Waals surface area contributed by atoms with Crippen LogP contribution in [0.1, 0.15) is 34.1 Å². The van der Waals surface area contributed by atoms with Gasteiger partial charge in [-0.15, -0.1) is 0 Å². The van der Waals surface area contributed by atoms with Gasteiger partial charge in [0.15, 0.2) is 0 Å². The Morgan fingerprint density at radius 2 is 1.67 bits per heavy atom. The van der Waals surface area contributed by atoms with E-state index in [9.17, 15) is 9.59 Å². The summed E-state index contributed by atoms with van der Waals surface area (Å²) in [5.41, 5.74) is 0. The van der Waals surface area contributed by atoms with Gasteiger partial charge in [-0.1, -0.05) is 27.7 Å². The van der Waals surface area contributed by atoms with E-state index in [1.807, 2.05) is 13.8 Å². The molecule has 1 N–H and O–H groups in total. The molecule has 0 heterocycles. The molecule has 0 fully saturated rings. The number of aliphatic carboxylic acids is 1. The maximum absolute atomic E-state index is 11.7. The summed E-state index contributed by atoms with van der Waals surface area (Å²) >= 11 is 0. The van der Waals surface area contributed by atoms with E-state index < -0.39 is 12.0 Å². The van der Waals surface area contributed by atoms with Crippen LogP contribution in [0, 0.1) is 11.8 Å². The van der Waals surface area contributed by atoms with Crippen molar-refractivity contribution in [1.29, 1.82) is 0 Å². The number of carbonyl (C=O) groups is 2. The Hall–Kier alpha value is -1.06. The van der Waals surface area contributed by atoms with Gasteiger partial charge >= 0.3 is 5.97 Å². The lowest BCUT2D eigenvalue weighted by atomic mass is 10.0. The number of hydrogen-bond acceptors (Lipinski definition) is 2. The van der Waals surface area contributed by atoms with Gasteiger partial charge in [0, 0.05) is 13.5 Å². The van der Waals surface area contributed by atoms with E-state index in [4.69, 9.17) is 5.11 Å². The Bertz CT molecular complexity index is 236. The quantitative estimate of drug-likeness (QED) is 0.757. The maximum Gasteiger partial charge on any atom is 0.326 e. The molecule has 0 aromatic rings. The van der Waals surface area contributed by atoms with Crippen molar-refractivity contribution in [2.24, 2.45) is 11.8 Å². The summed E-state index contributed by atoms with van der Waals surface area (Å²) in [7, 11) is 1.56. The summed E-state index contributed by atoms with van der Waals surface area (Å²) in [5, 5.41) is 9.00. The van der Waals surface area contributed by atoms with E-state index in [-0.39, 0.29) is 17.7 Å². The highest BCUT2D eigenvalue weighted by atomic mass is 16.4. The van der Waals surface area contributed by atoms with Gasteiger partial charge in [-0.2, -0.15) is 0 Å². The molecular weight excluding hydrogens is 194 g/mol. The standard InChI is InChI=1S/C11H21NO3/c1-7(2)6-9(13)12(5)10(8(3)4)11(14)15/h7-8,10H,6H2,1-5H3,(H,14,15)/t10-/m0/s1. The molecule has 0 aromatic carbocycles. The monoisotopic (exact) mass is 215 g/mol. The predicted octanol–water partition coefficient (Wildman–Crippen LogP) is 1.60. The molecule has 0 spiro atoms. The van der Waals surface area contributed by atoms with Gasteiger partial charge in [0.25, 0.3) is 0 Å². The first-order valence-electron chi connectivity index (χ1n) is 5.25. The van der Waals surface area contributed by atoms with Crippen molar-refractivity contribution >= 4 is 11.9 Å². The molecule has 0 saturated heterocycles. The van der Waals surface area contributed by atoms with Crippen LogP contribution in [0.15, 0.2) is 0 Å². The molecule has 0 aromatic heterocycles. The van der Waals surface area contributed by atoms with E-state index >= 15 is 0 Å². The molecule has 0 aliphatic heterocycles. The maximum atomic E-state index is 11.7. The van der Waals surface area contributed by atoms with Crippen LogP contribution < -0.4 is 0 Å². The van der Waals surface area contributed by atoms with Crippen LogP contribution in [0.2, 0.25) is 0 Å². The highest BCUT2D eigenvalue weighted by molar-refractivity contribution is 5.83. The van der Waals surface area contributed by atoms with E-state index in [0.717, 1.165) is 0 Å². The lowest BCUT2D eigenvalue weighted by Crippen LogP contribution is -2.45. The van der Waals surface area contributed by atoms with E-state index in [1.54, 1.807) is 20.9 Å². The first-order chi connectivity index (χ1) is 6.77. The van der Waals surface area contributed by atoms with E-state index in [0.29, 0.717) is 6.42 Å². The van der Waals surface area contributed by atoms with Gasteiger partial charge in [0.1, 0.15) is 6.04 Å². The van der Waals surface area contributed by atoms with Crippen molar-refractivity contribution in [1.82, 2.24) is 4.90 Å². The predicted molar refractivity (Wildman–Crippen MR) is 58.5 cm³/mol. The molecule has 0 saturated carbocycles. The first kappa shape index (κ1) is 13.9. The molecule has 0 aliphatic rings. The summed E-state index contributed by atoms with van der Waals surface area (Å²) in [4.78, 5) is 24.0. The summed E-state index contributed by atoms with van der Waals surface area (Å²) < 4.78 is 0. The van der Waals surface area contributed by atoms with Gasteiger partial charge < -0.3 is 10.0 Å². The average molecular weight is 215 g/mol. The Morgan fingerprint density at radius 3 is 1.93 bits per heavy atom. The minimum atomic E-state index is -0.940. The van der Waals surface area contributed by atoms with Gasteiger partial charge in [-0.05, 0) is 11.8 Å². The molecule has 0 radical (unpaired) electrons. The molecular formula is C11H21NO3. The zero-order chi connectivity index (χ0) is 12.2. The number of carboxylic acids is 1. The minimum Gasteiger partial charge on any atom is -0.480 e. The third-order valence-electron chi connectivity index (χ3n) is 2.28. The fourth-order valence-corrected chi connectivity index (χ4v) is 1.55. The first-order valence-corrected chi connectivity index (χ1v) is 5.25. The number of nitrogens with zero attached hydrogens (tertiary/aromatic N) is 1. The number of hydrogen-bond donors (Lipinski definition) is 1. The fraction of sp³-hybridized carbons (Fsp3) is 0.818. The second-order valence-electron chi connectivity index (χ2n) is 4.63. The van der Waals surface area contributed by atoms with Crippen LogP contribution in [0.5, 0.6) is 0 Å². The lowest BCUT2D eigenvalue weighted by molar-refractivity contribution is -0.151. The zero-order valence-corrected chi connectivity index (χ0v) is 10.2. The van der Waals surface area contributed by atoms with E-state index in [2.05, 4.69) is 0 Å². The number of carbonyl (C=O) groups excluding carboxylic acids is 1. The molecule has 0 unspecified atom stereocenters. The molecule has 4 heteroatoms.